The summed E-state index contributed by atoms with van der Waals surface area (Å²) in [7, 11) is -2.87. The van der Waals surface area contributed by atoms with Crippen molar-refractivity contribution in [1.82, 2.24) is 4.98 Å². The summed E-state index contributed by atoms with van der Waals surface area (Å²) in [5, 5.41) is 8.82. The molecule has 0 radical (unpaired) electrons. The van der Waals surface area contributed by atoms with Crippen molar-refractivity contribution in [2.75, 3.05) is 11.5 Å². The number of hydrogen-bond donors (Lipinski definition) is 1. The van der Waals surface area contributed by atoms with E-state index in [1.165, 1.54) is 6.26 Å². The molecule has 1 saturated heterocycles. The van der Waals surface area contributed by atoms with Crippen molar-refractivity contribution in [3.63, 3.8) is 0 Å². The van der Waals surface area contributed by atoms with E-state index in [9.17, 15) is 8.42 Å². The maximum Gasteiger partial charge on any atom is 0.194 e. The Hall–Kier alpha value is -0.880. The fourth-order valence-corrected chi connectivity index (χ4v) is 3.82. The van der Waals surface area contributed by atoms with Crippen LogP contribution in [-0.4, -0.2) is 30.0 Å². The number of nitrogens with zero attached hydrogens (tertiary/aromatic N) is 1. The molecule has 1 fully saturated rings. The molecule has 1 atom stereocenters. The molecular formula is C10H15NO4S. The lowest BCUT2D eigenvalue weighted by atomic mass is 10.0. The van der Waals surface area contributed by atoms with Crippen LogP contribution >= 0.6 is 0 Å². The Kier molecular flexibility index (Phi) is 3.30. The van der Waals surface area contributed by atoms with E-state index >= 15 is 0 Å². The fourth-order valence-electron chi connectivity index (χ4n) is 2.04. The van der Waals surface area contributed by atoms with Gasteiger partial charge in [0, 0.05) is 6.42 Å². The molecule has 0 amide bonds. The van der Waals surface area contributed by atoms with Gasteiger partial charge in [-0.1, -0.05) is 0 Å². The van der Waals surface area contributed by atoms with Crippen molar-refractivity contribution in [3.05, 3.63) is 17.8 Å². The number of aromatic nitrogens is 1. The lowest BCUT2D eigenvalue weighted by Crippen LogP contribution is -2.26. The van der Waals surface area contributed by atoms with E-state index in [2.05, 4.69) is 4.98 Å². The number of rotatable bonds is 3. The number of aliphatic hydroxyl groups excluding tert-OH is 1. The van der Waals surface area contributed by atoms with Gasteiger partial charge < -0.3 is 9.52 Å². The van der Waals surface area contributed by atoms with Gasteiger partial charge in [-0.25, -0.2) is 13.4 Å². The Morgan fingerprint density at radius 1 is 1.56 bits per heavy atom. The maximum atomic E-state index is 11.4. The Balaban J connectivity index is 1.99. The zero-order valence-electron chi connectivity index (χ0n) is 8.92. The molecule has 1 aromatic heterocycles. The Morgan fingerprint density at radius 2 is 2.38 bits per heavy atom. The van der Waals surface area contributed by atoms with Crippen LogP contribution < -0.4 is 0 Å². The fraction of sp³-hybridized carbons (Fsp3) is 0.700. The van der Waals surface area contributed by atoms with Gasteiger partial charge in [-0.3, -0.25) is 0 Å². The van der Waals surface area contributed by atoms with Crippen LogP contribution in [0, 0.1) is 5.92 Å². The molecule has 0 bridgehead atoms. The third-order valence-electron chi connectivity index (χ3n) is 2.78. The topological polar surface area (TPSA) is 80.4 Å². The summed E-state index contributed by atoms with van der Waals surface area (Å²) in [5.41, 5.74) is 0.494. The van der Waals surface area contributed by atoms with Gasteiger partial charge in [0.1, 0.15) is 12.0 Å². The third-order valence-corrected chi connectivity index (χ3v) is 4.67. The first-order valence-corrected chi connectivity index (χ1v) is 7.16. The summed E-state index contributed by atoms with van der Waals surface area (Å²) < 4.78 is 28.0. The molecule has 6 heteroatoms. The molecule has 1 aromatic rings. The van der Waals surface area contributed by atoms with Crippen LogP contribution in [0.1, 0.15) is 24.4 Å². The van der Waals surface area contributed by atoms with Crippen molar-refractivity contribution >= 4 is 9.84 Å². The van der Waals surface area contributed by atoms with Gasteiger partial charge in [0.25, 0.3) is 0 Å². The summed E-state index contributed by atoms with van der Waals surface area (Å²) in [6.07, 6.45) is 3.57. The van der Waals surface area contributed by atoms with E-state index in [1.807, 2.05) is 0 Å². The summed E-state index contributed by atoms with van der Waals surface area (Å²) >= 11 is 0. The number of hydrogen-bond acceptors (Lipinski definition) is 5. The lowest BCUT2D eigenvalue weighted by molar-refractivity contribution is 0.276. The van der Waals surface area contributed by atoms with E-state index in [1.54, 1.807) is 0 Å². The predicted octanol–water partition coefficient (Wildman–Crippen LogP) is 0.534. The highest BCUT2D eigenvalue weighted by Gasteiger charge is 2.26. The Morgan fingerprint density at radius 3 is 3.00 bits per heavy atom. The molecule has 1 unspecified atom stereocenters. The average Bonchev–Trinajstić information content (AvgIpc) is 2.64. The van der Waals surface area contributed by atoms with E-state index in [-0.39, 0.29) is 18.3 Å². The van der Waals surface area contributed by atoms with Gasteiger partial charge in [-0.15, -0.1) is 0 Å². The van der Waals surface area contributed by atoms with Crippen LogP contribution in [-0.2, 0) is 22.9 Å². The van der Waals surface area contributed by atoms with E-state index in [0.717, 1.165) is 12.8 Å². The van der Waals surface area contributed by atoms with Crippen LogP contribution in [0.2, 0.25) is 0 Å². The second kappa shape index (κ2) is 4.55. The number of oxazole rings is 1. The SMILES string of the molecule is O=S1(=O)CCCC(Cc2nc(CO)co2)C1. The van der Waals surface area contributed by atoms with Gasteiger partial charge >= 0.3 is 0 Å². The summed E-state index contributed by atoms with van der Waals surface area (Å²) in [5.74, 6) is 1.15. The first-order valence-electron chi connectivity index (χ1n) is 5.33. The van der Waals surface area contributed by atoms with Crippen molar-refractivity contribution in [2.45, 2.75) is 25.9 Å². The highest BCUT2D eigenvalue weighted by Crippen LogP contribution is 2.22. The quantitative estimate of drug-likeness (QED) is 0.840. The molecule has 1 aliphatic heterocycles. The first kappa shape index (κ1) is 11.6. The highest BCUT2D eigenvalue weighted by atomic mass is 32.2. The molecule has 0 aliphatic carbocycles. The molecule has 0 aromatic carbocycles. The van der Waals surface area contributed by atoms with Gasteiger partial charge in [-0.2, -0.15) is 0 Å². The van der Waals surface area contributed by atoms with Crippen LogP contribution in [0.4, 0.5) is 0 Å². The Bertz CT molecular complexity index is 451. The Labute approximate surface area is 94.4 Å². The first-order chi connectivity index (χ1) is 7.59. The minimum atomic E-state index is -2.87. The molecule has 1 N–H and O–H groups in total. The molecule has 1 aliphatic rings. The third kappa shape index (κ3) is 2.82. The van der Waals surface area contributed by atoms with E-state index in [0.29, 0.717) is 23.8 Å². The molecular weight excluding hydrogens is 230 g/mol. The zero-order chi connectivity index (χ0) is 11.6. The highest BCUT2D eigenvalue weighted by molar-refractivity contribution is 7.91. The number of aliphatic hydroxyl groups is 1. The monoisotopic (exact) mass is 245 g/mol. The normalized spacial score (nSPS) is 24.4. The van der Waals surface area contributed by atoms with Crippen molar-refractivity contribution in [3.8, 4) is 0 Å². The van der Waals surface area contributed by atoms with E-state index in [4.69, 9.17) is 9.52 Å². The standard InChI is InChI=1S/C10H15NO4S/c12-5-9-6-15-10(11-9)4-8-2-1-3-16(13,14)7-8/h6,8,12H,1-5,7H2. The summed E-state index contributed by atoms with van der Waals surface area (Å²) in [6.45, 7) is -0.146. The molecule has 0 saturated carbocycles. The smallest absolute Gasteiger partial charge is 0.194 e. The van der Waals surface area contributed by atoms with Gasteiger partial charge in [-0.05, 0) is 18.8 Å². The zero-order valence-corrected chi connectivity index (χ0v) is 9.74. The lowest BCUT2D eigenvalue weighted by Gasteiger charge is -2.20. The van der Waals surface area contributed by atoms with Crippen LogP contribution in [0.25, 0.3) is 0 Å². The molecule has 5 nitrogen and oxygen atoms in total. The van der Waals surface area contributed by atoms with Gasteiger partial charge in [0.15, 0.2) is 15.7 Å². The van der Waals surface area contributed by atoms with Crippen molar-refractivity contribution < 1.29 is 17.9 Å². The minimum absolute atomic E-state index is 0.101. The largest absolute Gasteiger partial charge is 0.449 e. The summed E-state index contributed by atoms with van der Waals surface area (Å²) in [4.78, 5) is 4.06. The van der Waals surface area contributed by atoms with Crippen LogP contribution in [0.15, 0.2) is 10.7 Å². The van der Waals surface area contributed by atoms with Crippen molar-refractivity contribution in [1.29, 1.82) is 0 Å². The average molecular weight is 245 g/mol. The maximum absolute atomic E-state index is 11.4. The molecule has 90 valence electrons. The van der Waals surface area contributed by atoms with Gasteiger partial charge in [0.2, 0.25) is 0 Å². The molecule has 16 heavy (non-hydrogen) atoms. The predicted molar refractivity (Wildman–Crippen MR) is 57.5 cm³/mol. The van der Waals surface area contributed by atoms with Crippen LogP contribution in [0.5, 0.6) is 0 Å². The minimum Gasteiger partial charge on any atom is -0.449 e. The van der Waals surface area contributed by atoms with E-state index < -0.39 is 9.84 Å². The second-order valence-corrected chi connectivity index (χ2v) is 6.45. The molecule has 2 heterocycles. The summed E-state index contributed by atoms with van der Waals surface area (Å²) in [6, 6.07) is 0. The van der Waals surface area contributed by atoms with Crippen molar-refractivity contribution in [2.24, 2.45) is 5.92 Å². The van der Waals surface area contributed by atoms with Gasteiger partial charge in [0.05, 0.1) is 18.1 Å². The molecule has 0 spiro atoms. The molecule has 2 rings (SSSR count). The second-order valence-electron chi connectivity index (χ2n) is 4.22. The number of sulfone groups is 1. The van der Waals surface area contributed by atoms with Crippen LogP contribution in [0.3, 0.4) is 0 Å².